The van der Waals surface area contributed by atoms with E-state index in [4.69, 9.17) is 4.74 Å². The summed E-state index contributed by atoms with van der Waals surface area (Å²) in [5.41, 5.74) is 1.55. The van der Waals surface area contributed by atoms with Crippen molar-refractivity contribution in [1.29, 1.82) is 0 Å². The highest BCUT2D eigenvalue weighted by molar-refractivity contribution is 7.08. The first-order valence-corrected chi connectivity index (χ1v) is 9.19. The monoisotopic (exact) mass is 391 g/mol. The van der Waals surface area contributed by atoms with Gasteiger partial charge in [0.2, 0.25) is 0 Å². The Kier molecular flexibility index (Phi) is 5.07. The van der Waals surface area contributed by atoms with Crippen LogP contribution in [-0.4, -0.2) is 15.5 Å². The van der Waals surface area contributed by atoms with Crippen LogP contribution in [0.15, 0.2) is 78.9 Å². The molecule has 1 aromatic heterocycles. The third-order valence-electron chi connectivity index (χ3n) is 3.92. The SMILES string of the molecule is O=C(Nc1ccccc1Oc1ccccc1)c1snnc1-c1ccc(F)cc1. The zero-order chi connectivity index (χ0) is 19.3. The zero-order valence-corrected chi connectivity index (χ0v) is 15.3. The third-order valence-corrected chi connectivity index (χ3v) is 4.64. The van der Waals surface area contributed by atoms with Crippen molar-refractivity contribution in [2.75, 3.05) is 5.32 Å². The standard InChI is InChI=1S/C21H14FN3O2S/c22-15-12-10-14(11-13-15)19-20(28-25-24-19)21(26)23-17-8-4-5-9-18(17)27-16-6-2-1-3-7-16/h1-13H,(H,23,26). The fourth-order valence-electron chi connectivity index (χ4n) is 2.59. The second kappa shape index (κ2) is 7.98. The largest absolute Gasteiger partial charge is 0.455 e. The van der Waals surface area contributed by atoms with Gasteiger partial charge in [-0.15, -0.1) is 5.10 Å². The van der Waals surface area contributed by atoms with Gasteiger partial charge in [-0.1, -0.05) is 34.8 Å². The molecule has 0 aliphatic rings. The van der Waals surface area contributed by atoms with Crippen LogP contribution >= 0.6 is 11.5 Å². The van der Waals surface area contributed by atoms with E-state index in [1.54, 1.807) is 30.3 Å². The molecule has 1 heterocycles. The lowest BCUT2D eigenvalue weighted by Crippen LogP contribution is -2.12. The van der Waals surface area contributed by atoms with Crippen molar-refractivity contribution in [3.8, 4) is 22.8 Å². The quantitative estimate of drug-likeness (QED) is 0.495. The fourth-order valence-corrected chi connectivity index (χ4v) is 3.17. The average molecular weight is 391 g/mol. The Hall–Kier alpha value is -3.58. The van der Waals surface area contributed by atoms with E-state index in [0.29, 0.717) is 33.3 Å². The van der Waals surface area contributed by atoms with Gasteiger partial charge in [-0.2, -0.15) is 0 Å². The molecule has 0 aliphatic heterocycles. The predicted molar refractivity (Wildman–Crippen MR) is 106 cm³/mol. The van der Waals surface area contributed by atoms with Crippen molar-refractivity contribution in [3.05, 3.63) is 89.6 Å². The van der Waals surface area contributed by atoms with Crippen LogP contribution in [0.2, 0.25) is 0 Å². The summed E-state index contributed by atoms with van der Waals surface area (Å²) >= 11 is 0.978. The first kappa shape index (κ1) is 17.8. The summed E-state index contributed by atoms with van der Waals surface area (Å²) in [7, 11) is 0. The van der Waals surface area contributed by atoms with E-state index >= 15 is 0 Å². The Bertz CT molecular complexity index is 1100. The molecule has 0 bridgehead atoms. The molecule has 4 aromatic rings. The molecule has 0 saturated heterocycles. The minimum atomic E-state index is -0.363. The van der Waals surface area contributed by atoms with E-state index in [1.165, 1.54) is 12.1 Å². The van der Waals surface area contributed by atoms with Crippen LogP contribution in [0.4, 0.5) is 10.1 Å². The molecule has 7 heteroatoms. The normalized spacial score (nSPS) is 10.5. The van der Waals surface area contributed by atoms with Crippen LogP contribution in [0, 0.1) is 5.82 Å². The number of anilines is 1. The van der Waals surface area contributed by atoms with E-state index in [9.17, 15) is 9.18 Å². The van der Waals surface area contributed by atoms with Crippen molar-refractivity contribution in [2.24, 2.45) is 0 Å². The molecule has 0 radical (unpaired) electrons. The van der Waals surface area contributed by atoms with Gasteiger partial charge in [0.05, 0.1) is 5.69 Å². The maximum atomic E-state index is 13.2. The third kappa shape index (κ3) is 3.89. The average Bonchev–Trinajstić information content (AvgIpc) is 3.21. The van der Waals surface area contributed by atoms with Crippen molar-refractivity contribution in [1.82, 2.24) is 9.59 Å². The molecule has 3 aromatic carbocycles. The van der Waals surface area contributed by atoms with E-state index in [1.807, 2.05) is 36.4 Å². The van der Waals surface area contributed by atoms with Crippen LogP contribution in [0.3, 0.4) is 0 Å². The van der Waals surface area contributed by atoms with Crippen molar-refractivity contribution in [3.63, 3.8) is 0 Å². The summed E-state index contributed by atoms with van der Waals surface area (Å²) in [6, 6.07) is 22.2. The Morgan fingerprint density at radius 3 is 2.43 bits per heavy atom. The number of aromatic nitrogens is 2. The van der Waals surface area contributed by atoms with E-state index in [-0.39, 0.29) is 11.7 Å². The molecule has 0 atom stereocenters. The fraction of sp³-hybridized carbons (Fsp3) is 0. The molecule has 0 saturated carbocycles. The summed E-state index contributed by atoms with van der Waals surface area (Å²) in [5, 5.41) is 6.87. The summed E-state index contributed by atoms with van der Waals surface area (Å²) < 4.78 is 22.9. The second-order valence-electron chi connectivity index (χ2n) is 5.82. The van der Waals surface area contributed by atoms with Gasteiger partial charge in [0.15, 0.2) is 5.75 Å². The van der Waals surface area contributed by atoms with E-state index in [0.717, 1.165) is 11.5 Å². The highest BCUT2D eigenvalue weighted by Crippen LogP contribution is 2.31. The Labute approximate surface area is 164 Å². The molecule has 0 fully saturated rings. The van der Waals surface area contributed by atoms with Crippen LogP contribution in [0.5, 0.6) is 11.5 Å². The smallest absolute Gasteiger partial charge is 0.269 e. The van der Waals surface area contributed by atoms with Gasteiger partial charge in [0.25, 0.3) is 5.91 Å². The molecule has 28 heavy (non-hydrogen) atoms. The van der Waals surface area contributed by atoms with Crippen LogP contribution < -0.4 is 10.1 Å². The minimum Gasteiger partial charge on any atom is -0.455 e. The number of rotatable bonds is 5. The first-order valence-electron chi connectivity index (χ1n) is 8.42. The molecule has 5 nitrogen and oxygen atoms in total. The number of para-hydroxylation sites is 3. The number of halogens is 1. The number of benzene rings is 3. The number of hydrogen-bond acceptors (Lipinski definition) is 5. The van der Waals surface area contributed by atoms with Gasteiger partial charge in [-0.25, -0.2) is 4.39 Å². The van der Waals surface area contributed by atoms with Crippen molar-refractivity contribution in [2.45, 2.75) is 0 Å². The zero-order valence-electron chi connectivity index (χ0n) is 14.5. The summed E-state index contributed by atoms with van der Waals surface area (Å²) in [6.07, 6.45) is 0. The topological polar surface area (TPSA) is 64.1 Å². The molecule has 4 rings (SSSR count). The van der Waals surface area contributed by atoms with Crippen molar-refractivity contribution >= 4 is 23.1 Å². The lowest BCUT2D eigenvalue weighted by Gasteiger charge is -2.12. The number of carbonyl (C=O) groups is 1. The molecule has 0 aliphatic carbocycles. The molecule has 0 unspecified atom stereocenters. The van der Waals surface area contributed by atoms with Gasteiger partial charge in [-0.3, -0.25) is 4.79 Å². The lowest BCUT2D eigenvalue weighted by molar-refractivity contribution is 0.103. The Morgan fingerprint density at radius 1 is 0.929 bits per heavy atom. The van der Waals surface area contributed by atoms with Crippen LogP contribution in [0.25, 0.3) is 11.3 Å². The first-order chi connectivity index (χ1) is 13.7. The summed E-state index contributed by atoms with van der Waals surface area (Å²) in [4.78, 5) is 13.2. The molecule has 1 amide bonds. The number of ether oxygens (including phenoxy) is 1. The van der Waals surface area contributed by atoms with Gasteiger partial charge < -0.3 is 10.1 Å². The number of amides is 1. The molecule has 0 spiro atoms. The van der Waals surface area contributed by atoms with E-state index < -0.39 is 0 Å². The molecule has 1 N–H and O–H groups in total. The number of nitrogens with zero attached hydrogens (tertiary/aromatic N) is 2. The number of nitrogens with one attached hydrogen (secondary N) is 1. The molecular formula is C21H14FN3O2S. The van der Waals surface area contributed by atoms with Gasteiger partial charge >= 0.3 is 0 Å². The maximum absolute atomic E-state index is 13.2. The number of carbonyl (C=O) groups excluding carboxylic acids is 1. The Balaban J connectivity index is 1.59. The summed E-state index contributed by atoms with van der Waals surface area (Å²) in [6.45, 7) is 0. The highest BCUT2D eigenvalue weighted by atomic mass is 32.1. The van der Waals surface area contributed by atoms with Crippen LogP contribution in [-0.2, 0) is 0 Å². The van der Waals surface area contributed by atoms with Crippen molar-refractivity contribution < 1.29 is 13.9 Å². The van der Waals surface area contributed by atoms with Gasteiger partial charge in [0.1, 0.15) is 22.1 Å². The highest BCUT2D eigenvalue weighted by Gasteiger charge is 2.19. The predicted octanol–water partition coefficient (Wildman–Crippen LogP) is 5.39. The molecular weight excluding hydrogens is 377 g/mol. The summed E-state index contributed by atoms with van der Waals surface area (Å²) in [5.74, 6) is 0.460. The van der Waals surface area contributed by atoms with Gasteiger partial charge in [0, 0.05) is 5.56 Å². The number of hydrogen-bond donors (Lipinski definition) is 1. The maximum Gasteiger partial charge on any atom is 0.269 e. The lowest BCUT2D eigenvalue weighted by atomic mass is 10.1. The Morgan fingerprint density at radius 2 is 1.64 bits per heavy atom. The van der Waals surface area contributed by atoms with E-state index in [2.05, 4.69) is 14.9 Å². The minimum absolute atomic E-state index is 0.334. The van der Waals surface area contributed by atoms with Gasteiger partial charge in [-0.05, 0) is 60.1 Å². The molecule has 138 valence electrons. The van der Waals surface area contributed by atoms with Crippen LogP contribution in [0.1, 0.15) is 9.67 Å². The second-order valence-corrected chi connectivity index (χ2v) is 6.58.